The van der Waals surface area contributed by atoms with Crippen molar-refractivity contribution in [1.29, 1.82) is 0 Å². The predicted molar refractivity (Wildman–Crippen MR) is 106 cm³/mol. The van der Waals surface area contributed by atoms with Crippen molar-refractivity contribution in [2.24, 2.45) is 34.5 Å². The van der Waals surface area contributed by atoms with Crippen LogP contribution in [0.15, 0.2) is 23.9 Å². The number of allylic oxidation sites excluding steroid dienone is 1. The fourth-order valence-corrected chi connectivity index (χ4v) is 7.72. The molecule has 26 heavy (non-hydrogen) atoms. The molecular weight excluding hydrogens is 318 g/mol. The third-order valence-electron chi connectivity index (χ3n) is 9.17. The van der Waals surface area contributed by atoms with Gasteiger partial charge in [-0.25, -0.2) is 0 Å². The van der Waals surface area contributed by atoms with E-state index in [-0.39, 0.29) is 5.41 Å². The van der Waals surface area contributed by atoms with Gasteiger partial charge in [-0.05, 0) is 97.8 Å². The third-order valence-corrected chi connectivity index (χ3v) is 9.17. The highest BCUT2D eigenvalue weighted by molar-refractivity contribution is 6.05. The average Bonchev–Trinajstić information content (AvgIpc) is 3.23. The van der Waals surface area contributed by atoms with Gasteiger partial charge >= 0.3 is 0 Å². The molecule has 0 aromatic carbocycles. The highest BCUT2D eigenvalue weighted by atomic mass is 16.1. The van der Waals surface area contributed by atoms with Gasteiger partial charge in [-0.2, -0.15) is 0 Å². The molecule has 0 spiro atoms. The number of hydrogen-bond donors (Lipinski definition) is 1. The van der Waals surface area contributed by atoms with Crippen LogP contribution in [0.2, 0.25) is 0 Å². The lowest BCUT2D eigenvalue weighted by Crippen LogP contribution is -2.52. The summed E-state index contributed by atoms with van der Waals surface area (Å²) < 4.78 is 0. The Morgan fingerprint density at radius 3 is 2.77 bits per heavy atom. The van der Waals surface area contributed by atoms with Crippen LogP contribution in [0.3, 0.4) is 0 Å². The van der Waals surface area contributed by atoms with E-state index in [1.807, 2.05) is 12.3 Å². The first kappa shape index (κ1) is 16.8. The standard InChI is InChI=1S/C24H33NO/c1-23-11-4-3-6-17(23)8-9-19-20(23)10-12-24(2)21(19)15-16(22(24)26)14-18-7-5-13-25-18/h5,7,13-14,17,19-21,25H,3-4,6,8-12,15H2,1-2H3/b16-14+/t17-,19+,20-,21+,23+,24+/m0/s1. The molecule has 1 aromatic heterocycles. The number of hydrogen-bond acceptors (Lipinski definition) is 1. The molecule has 6 atom stereocenters. The van der Waals surface area contributed by atoms with Gasteiger partial charge in [0.2, 0.25) is 0 Å². The second kappa shape index (κ2) is 5.84. The molecule has 140 valence electrons. The Bertz CT molecular complexity index is 731. The van der Waals surface area contributed by atoms with E-state index < -0.39 is 0 Å². The van der Waals surface area contributed by atoms with Gasteiger partial charge in [0.05, 0.1) is 0 Å². The van der Waals surface area contributed by atoms with Crippen molar-refractivity contribution in [1.82, 2.24) is 4.98 Å². The molecule has 4 saturated carbocycles. The molecule has 1 heterocycles. The van der Waals surface area contributed by atoms with Crippen LogP contribution >= 0.6 is 0 Å². The van der Waals surface area contributed by atoms with E-state index in [1.165, 1.54) is 44.9 Å². The molecule has 1 N–H and O–H groups in total. The summed E-state index contributed by atoms with van der Waals surface area (Å²) in [6.45, 7) is 4.91. The fraction of sp³-hybridized carbons (Fsp3) is 0.708. The van der Waals surface area contributed by atoms with Crippen LogP contribution in [0.1, 0.15) is 77.3 Å². The minimum absolute atomic E-state index is 0.0997. The molecule has 2 heteroatoms. The summed E-state index contributed by atoms with van der Waals surface area (Å²) in [6, 6.07) is 4.09. The van der Waals surface area contributed by atoms with Crippen LogP contribution in [0, 0.1) is 34.5 Å². The van der Waals surface area contributed by atoms with Crippen LogP contribution in [0.25, 0.3) is 6.08 Å². The van der Waals surface area contributed by atoms with E-state index in [0.29, 0.717) is 17.1 Å². The summed E-state index contributed by atoms with van der Waals surface area (Å²) in [7, 11) is 0. The van der Waals surface area contributed by atoms with E-state index in [1.54, 1.807) is 0 Å². The monoisotopic (exact) mass is 351 g/mol. The minimum Gasteiger partial charge on any atom is -0.362 e. The topological polar surface area (TPSA) is 32.9 Å². The SMILES string of the molecule is C[C@@]12CCCC[C@H]1CC[C@H]1[C@H]3C/C(=C\c4ccc[nH]4)C(=O)[C@]3(C)CC[C@@H]12. The number of fused-ring (bicyclic) bond motifs is 5. The molecule has 5 rings (SSSR count). The lowest BCUT2D eigenvalue weighted by atomic mass is 9.45. The second-order valence-corrected chi connectivity index (χ2v) is 10.2. The number of nitrogens with one attached hydrogen (secondary N) is 1. The lowest BCUT2D eigenvalue weighted by molar-refractivity contribution is -0.137. The number of carbonyl (C=O) groups is 1. The first-order valence-electron chi connectivity index (χ1n) is 10.9. The largest absolute Gasteiger partial charge is 0.362 e. The van der Waals surface area contributed by atoms with E-state index in [0.717, 1.165) is 41.9 Å². The van der Waals surface area contributed by atoms with E-state index in [9.17, 15) is 4.79 Å². The van der Waals surface area contributed by atoms with Gasteiger partial charge < -0.3 is 4.98 Å². The van der Waals surface area contributed by atoms with Gasteiger partial charge in [-0.3, -0.25) is 4.79 Å². The number of aromatic amines is 1. The molecule has 4 aliphatic carbocycles. The first-order chi connectivity index (χ1) is 12.5. The van der Waals surface area contributed by atoms with Crippen molar-refractivity contribution in [2.75, 3.05) is 0 Å². The normalized spacial score (nSPS) is 46.7. The first-order valence-corrected chi connectivity index (χ1v) is 10.9. The fourth-order valence-electron chi connectivity index (χ4n) is 7.72. The number of carbonyl (C=O) groups excluding carboxylic acids is 1. The molecule has 4 aliphatic rings. The van der Waals surface area contributed by atoms with Gasteiger partial charge in [0, 0.05) is 17.3 Å². The molecule has 0 amide bonds. The van der Waals surface area contributed by atoms with Crippen molar-refractivity contribution in [3.63, 3.8) is 0 Å². The Morgan fingerprint density at radius 1 is 1.08 bits per heavy atom. The zero-order valence-electron chi connectivity index (χ0n) is 16.4. The summed E-state index contributed by atoms with van der Waals surface area (Å²) >= 11 is 0. The highest BCUT2D eigenvalue weighted by Crippen LogP contribution is 2.66. The van der Waals surface area contributed by atoms with E-state index >= 15 is 0 Å². The Hall–Kier alpha value is -1.31. The molecule has 0 aliphatic heterocycles. The Kier molecular flexibility index (Phi) is 3.78. The summed E-state index contributed by atoms with van der Waals surface area (Å²) in [5.41, 5.74) is 2.61. The second-order valence-electron chi connectivity index (χ2n) is 10.2. The van der Waals surface area contributed by atoms with Crippen LogP contribution in [-0.2, 0) is 4.79 Å². The average molecular weight is 352 g/mol. The van der Waals surface area contributed by atoms with Gasteiger partial charge in [0.25, 0.3) is 0 Å². The Balaban J connectivity index is 1.47. The van der Waals surface area contributed by atoms with Crippen LogP contribution in [0.4, 0.5) is 0 Å². The Morgan fingerprint density at radius 2 is 1.96 bits per heavy atom. The van der Waals surface area contributed by atoms with E-state index in [4.69, 9.17) is 0 Å². The van der Waals surface area contributed by atoms with Crippen LogP contribution < -0.4 is 0 Å². The van der Waals surface area contributed by atoms with Gasteiger partial charge in [0.1, 0.15) is 0 Å². The molecule has 2 nitrogen and oxygen atoms in total. The van der Waals surface area contributed by atoms with Crippen molar-refractivity contribution >= 4 is 11.9 Å². The summed E-state index contributed by atoms with van der Waals surface area (Å²) in [6.07, 6.45) is 16.0. The molecule has 0 saturated heterocycles. The quantitative estimate of drug-likeness (QED) is 0.617. The molecule has 0 radical (unpaired) electrons. The van der Waals surface area contributed by atoms with Crippen molar-refractivity contribution < 1.29 is 4.79 Å². The number of ketones is 1. The Labute approximate surface area is 157 Å². The van der Waals surface area contributed by atoms with Crippen LogP contribution in [0.5, 0.6) is 0 Å². The maximum Gasteiger partial charge on any atom is 0.165 e. The molecule has 0 unspecified atom stereocenters. The predicted octanol–water partition coefficient (Wildman–Crippen LogP) is 6.01. The van der Waals surface area contributed by atoms with Crippen molar-refractivity contribution in [3.8, 4) is 0 Å². The van der Waals surface area contributed by atoms with Crippen molar-refractivity contribution in [2.45, 2.75) is 71.6 Å². The summed E-state index contributed by atoms with van der Waals surface area (Å²) in [5.74, 6) is 3.61. The smallest absolute Gasteiger partial charge is 0.165 e. The lowest BCUT2D eigenvalue weighted by Gasteiger charge is -2.59. The zero-order valence-corrected chi connectivity index (χ0v) is 16.4. The molecule has 0 bridgehead atoms. The highest BCUT2D eigenvalue weighted by Gasteiger charge is 2.60. The number of H-pyrrole nitrogens is 1. The summed E-state index contributed by atoms with van der Waals surface area (Å²) in [5, 5.41) is 0. The summed E-state index contributed by atoms with van der Waals surface area (Å²) in [4.78, 5) is 16.6. The molecule has 1 aromatic rings. The van der Waals surface area contributed by atoms with Gasteiger partial charge in [0.15, 0.2) is 5.78 Å². The minimum atomic E-state index is -0.0997. The van der Waals surface area contributed by atoms with Crippen molar-refractivity contribution in [3.05, 3.63) is 29.6 Å². The zero-order chi connectivity index (χ0) is 17.9. The number of rotatable bonds is 1. The number of aromatic nitrogens is 1. The van der Waals surface area contributed by atoms with Crippen LogP contribution in [-0.4, -0.2) is 10.8 Å². The van der Waals surface area contributed by atoms with Gasteiger partial charge in [-0.15, -0.1) is 0 Å². The van der Waals surface area contributed by atoms with Gasteiger partial charge in [-0.1, -0.05) is 26.7 Å². The van der Waals surface area contributed by atoms with E-state index in [2.05, 4.69) is 31.0 Å². The maximum absolute atomic E-state index is 13.3. The molecular formula is C24H33NO. The molecule has 4 fully saturated rings. The maximum atomic E-state index is 13.3. The number of Topliss-reactive ketones (excluding diaryl/α,β-unsaturated/α-hetero) is 1. The third kappa shape index (κ3) is 2.26.